The van der Waals surface area contributed by atoms with Gasteiger partial charge < -0.3 is 19.7 Å². The van der Waals surface area contributed by atoms with E-state index < -0.39 is 24.1 Å². The van der Waals surface area contributed by atoms with E-state index >= 15 is 0 Å². The molecule has 6 nitrogen and oxygen atoms in total. The minimum absolute atomic E-state index is 0.146. The van der Waals surface area contributed by atoms with Gasteiger partial charge in [0.15, 0.2) is 0 Å². The SMILES string of the molecule is C=C1C(=O)OC2C=C(CO)CCC=C(CO)CC(OC(=O)C(C)CC)C12. The molecule has 2 aliphatic rings. The highest BCUT2D eigenvalue weighted by Gasteiger charge is 2.44. The van der Waals surface area contributed by atoms with E-state index in [2.05, 4.69) is 6.58 Å². The second-order valence-electron chi connectivity index (χ2n) is 6.95. The highest BCUT2D eigenvalue weighted by molar-refractivity contribution is 5.91. The van der Waals surface area contributed by atoms with Gasteiger partial charge in [-0.3, -0.25) is 4.79 Å². The third-order valence-corrected chi connectivity index (χ3v) is 5.11. The summed E-state index contributed by atoms with van der Waals surface area (Å²) < 4.78 is 11.1. The van der Waals surface area contributed by atoms with Crippen LogP contribution in [-0.4, -0.2) is 47.6 Å². The highest BCUT2D eigenvalue weighted by atomic mass is 16.6. The van der Waals surface area contributed by atoms with E-state index in [9.17, 15) is 19.8 Å². The molecule has 0 amide bonds. The maximum Gasteiger partial charge on any atom is 0.334 e. The van der Waals surface area contributed by atoms with Gasteiger partial charge >= 0.3 is 11.9 Å². The Morgan fingerprint density at radius 3 is 2.69 bits per heavy atom. The zero-order valence-electron chi connectivity index (χ0n) is 15.4. The summed E-state index contributed by atoms with van der Waals surface area (Å²) in [6, 6.07) is 0. The number of aliphatic hydroxyl groups excluding tert-OH is 2. The minimum Gasteiger partial charge on any atom is -0.461 e. The number of esters is 2. The van der Waals surface area contributed by atoms with Crippen LogP contribution in [0.2, 0.25) is 0 Å². The number of carbonyl (C=O) groups is 2. The van der Waals surface area contributed by atoms with Gasteiger partial charge in [0.1, 0.15) is 12.2 Å². The van der Waals surface area contributed by atoms with Crippen LogP contribution in [-0.2, 0) is 19.1 Å². The predicted molar refractivity (Wildman–Crippen MR) is 96.0 cm³/mol. The minimum atomic E-state index is -0.659. The van der Waals surface area contributed by atoms with Crippen molar-refractivity contribution in [2.45, 2.75) is 51.7 Å². The van der Waals surface area contributed by atoms with E-state index in [1.165, 1.54) is 0 Å². The number of fused-ring (bicyclic) bond motifs is 1. The normalized spacial score (nSPS) is 27.8. The van der Waals surface area contributed by atoms with Crippen LogP contribution in [0.15, 0.2) is 35.5 Å². The summed E-state index contributed by atoms with van der Waals surface area (Å²) in [7, 11) is 0. The molecule has 0 aromatic carbocycles. The van der Waals surface area contributed by atoms with Crippen LogP contribution in [0.5, 0.6) is 0 Å². The lowest BCUT2D eigenvalue weighted by molar-refractivity contribution is -0.156. The quantitative estimate of drug-likeness (QED) is 0.441. The Hall–Kier alpha value is -1.92. The molecule has 0 saturated carbocycles. The van der Waals surface area contributed by atoms with Crippen LogP contribution in [0.1, 0.15) is 39.5 Å². The van der Waals surface area contributed by atoms with Crippen molar-refractivity contribution in [2.75, 3.05) is 13.2 Å². The Morgan fingerprint density at radius 1 is 1.38 bits per heavy atom. The van der Waals surface area contributed by atoms with Crippen LogP contribution >= 0.6 is 0 Å². The molecule has 0 aromatic rings. The zero-order valence-corrected chi connectivity index (χ0v) is 15.4. The van der Waals surface area contributed by atoms with Crippen molar-refractivity contribution >= 4 is 11.9 Å². The number of carbonyl (C=O) groups excluding carboxylic acids is 2. The van der Waals surface area contributed by atoms with Crippen molar-refractivity contribution in [1.82, 2.24) is 0 Å². The van der Waals surface area contributed by atoms with E-state index in [-0.39, 0.29) is 30.7 Å². The van der Waals surface area contributed by atoms with E-state index in [1.54, 1.807) is 13.0 Å². The van der Waals surface area contributed by atoms with Crippen molar-refractivity contribution < 1.29 is 29.3 Å². The van der Waals surface area contributed by atoms with E-state index in [0.717, 1.165) is 11.1 Å². The Kier molecular flexibility index (Phi) is 7.17. The number of ether oxygens (including phenoxy) is 2. The fourth-order valence-electron chi connectivity index (χ4n) is 3.23. The molecular formula is C20H28O6. The first-order chi connectivity index (χ1) is 12.4. The van der Waals surface area contributed by atoms with Crippen LogP contribution in [0, 0.1) is 11.8 Å². The molecule has 1 saturated heterocycles. The number of hydrogen-bond donors (Lipinski definition) is 2. The average molecular weight is 364 g/mol. The first-order valence-corrected chi connectivity index (χ1v) is 9.10. The van der Waals surface area contributed by atoms with Gasteiger partial charge in [-0.2, -0.15) is 0 Å². The van der Waals surface area contributed by atoms with Crippen LogP contribution in [0.25, 0.3) is 0 Å². The van der Waals surface area contributed by atoms with Crippen molar-refractivity contribution in [3.63, 3.8) is 0 Å². The summed E-state index contributed by atoms with van der Waals surface area (Å²) in [5, 5.41) is 19.2. The lowest BCUT2D eigenvalue weighted by Crippen LogP contribution is -2.35. The van der Waals surface area contributed by atoms with Gasteiger partial charge in [-0.25, -0.2) is 4.79 Å². The van der Waals surface area contributed by atoms with Crippen molar-refractivity contribution in [3.05, 3.63) is 35.5 Å². The van der Waals surface area contributed by atoms with Gasteiger partial charge in [0.2, 0.25) is 0 Å². The van der Waals surface area contributed by atoms with Crippen molar-refractivity contribution in [1.29, 1.82) is 0 Å². The number of rotatable bonds is 5. The Balaban J connectivity index is 2.40. The van der Waals surface area contributed by atoms with E-state index in [1.807, 2.05) is 13.0 Å². The molecule has 0 bridgehead atoms. The molecular weight excluding hydrogens is 336 g/mol. The predicted octanol–water partition coefficient (Wildman–Crippen LogP) is 2.06. The summed E-state index contributed by atoms with van der Waals surface area (Å²) in [6.45, 7) is 7.22. The molecule has 6 heteroatoms. The fraction of sp³-hybridized carbons (Fsp3) is 0.600. The fourth-order valence-corrected chi connectivity index (χ4v) is 3.23. The third-order valence-electron chi connectivity index (χ3n) is 5.11. The molecule has 144 valence electrons. The van der Waals surface area contributed by atoms with E-state index in [0.29, 0.717) is 25.7 Å². The molecule has 1 heterocycles. The third kappa shape index (κ3) is 4.62. The molecule has 0 aromatic heterocycles. The van der Waals surface area contributed by atoms with Crippen LogP contribution in [0.3, 0.4) is 0 Å². The Bertz CT molecular complexity index is 618. The molecule has 1 aliphatic heterocycles. The monoisotopic (exact) mass is 364 g/mol. The average Bonchev–Trinajstić information content (AvgIpc) is 2.91. The van der Waals surface area contributed by atoms with E-state index in [4.69, 9.17) is 9.47 Å². The summed E-state index contributed by atoms with van der Waals surface area (Å²) in [5.74, 6) is -1.67. The molecule has 26 heavy (non-hydrogen) atoms. The number of aliphatic hydroxyl groups is 2. The molecule has 1 aliphatic carbocycles. The highest BCUT2D eigenvalue weighted by Crippen LogP contribution is 2.36. The smallest absolute Gasteiger partial charge is 0.334 e. The molecule has 1 fully saturated rings. The Morgan fingerprint density at radius 2 is 2.08 bits per heavy atom. The molecule has 0 spiro atoms. The Labute approximate surface area is 154 Å². The maximum atomic E-state index is 12.4. The van der Waals surface area contributed by atoms with Gasteiger partial charge in [0.25, 0.3) is 0 Å². The topological polar surface area (TPSA) is 93.1 Å². The first kappa shape index (κ1) is 20.4. The van der Waals surface area contributed by atoms with Crippen molar-refractivity contribution in [2.24, 2.45) is 11.8 Å². The zero-order chi connectivity index (χ0) is 19.3. The first-order valence-electron chi connectivity index (χ1n) is 9.10. The standard InChI is InChI=1S/C20H28O6/c1-4-12(2)19(23)25-16-8-14(10-21)6-5-7-15(11-22)9-17-18(16)13(3)20(24)26-17/h6,9,12,16-18,21-22H,3-5,7-8,10-11H2,1-2H3. The van der Waals surface area contributed by atoms with Gasteiger partial charge in [-0.05, 0) is 36.5 Å². The van der Waals surface area contributed by atoms with Gasteiger partial charge in [-0.15, -0.1) is 0 Å². The molecule has 2 rings (SSSR count). The largest absolute Gasteiger partial charge is 0.461 e. The number of hydrogen-bond acceptors (Lipinski definition) is 6. The molecule has 4 unspecified atom stereocenters. The lowest BCUT2D eigenvalue weighted by atomic mass is 9.85. The number of allylic oxidation sites excluding steroid dienone is 1. The maximum absolute atomic E-state index is 12.4. The summed E-state index contributed by atoms with van der Waals surface area (Å²) in [5.41, 5.74) is 1.73. The second kappa shape index (κ2) is 9.14. The molecule has 4 atom stereocenters. The van der Waals surface area contributed by atoms with Crippen molar-refractivity contribution in [3.8, 4) is 0 Å². The summed E-state index contributed by atoms with van der Waals surface area (Å²) in [4.78, 5) is 24.5. The van der Waals surface area contributed by atoms with Crippen LogP contribution < -0.4 is 0 Å². The van der Waals surface area contributed by atoms with Crippen LogP contribution in [0.4, 0.5) is 0 Å². The van der Waals surface area contributed by atoms with Gasteiger partial charge in [0, 0.05) is 12.0 Å². The summed E-state index contributed by atoms with van der Waals surface area (Å²) >= 11 is 0. The summed E-state index contributed by atoms with van der Waals surface area (Å²) in [6.07, 6.45) is 4.55. The van der Waals surface area contributed by atoms with Gasteiger partial charge in [-0.1, -0.05) is 26.5 Å². The molecule has 2 N–H and O–H groups in total. The molecule has 0 radical (unpaired) electrons. The lowest BCUT2D eigenvalue weighted by Gasteiger charge is -2.28. The second-order valence-corrected chi connectivity index (χ2v) is 6.95. The van der Waals surface area contributed by atoms with Gasteiger partial charge in [0.05, 0.1) is 25.0 Å².